The summed E-state index contributed by atoms with van der Waals surface area (Å²) < 4.78 is 0.621. The van der Waals surface area contributed by atoms with Gasteiger partial charge in [-0.2, -0.15) is 0 Å². The maximum absolute atomic E-state index is 11.6. The number of amides is 1. The van der Waals surface area contributed by atoms with E-state index in [-0.39, 0.29) is 31.4 Å². The average Bonchev–Trinajstić information content (AvgIpc) is 2.90. The number of carbonyl (C=O) groups excluding carboxylic acids is 1. The third kappa shape index (κ3) is 5.93. The van der Waals surface area contributed by atoms with Gasteiger partial charge in [-0.3, -0.25) is 4.79 Å². The molecule has 0 saturated carbocycles. The van der Waals surface area contributed by atoms with Crippen molar-refractivity contribution in [1.82, 2.24) is 5.32 Å². The van der Waals surface area contributed by atoms with Crippen LogP contribution in [0.4, 0.5) is 5.69 Å². The number of hydrogen-bond acceptors (Lipinski definition) is 4. The minimum Gasteiger partial charge on any atom is -0.386 e. The Morgan fingerprint density at radius 1 is 1.24 bits per heavy atom. The third-order valence-corrected chi connectivity index (χ3v) is 3.97. The molecule has 7 heteroatoms. The lowest BCUT2D eigenvalue weighted by atomic mass is 10.3. The fourth-order valence-corrected chi connectivity index (χ4v) is 2.67. The Balaban J connectivity index is 0.00000220. The molecule has 4 nitrogen and oxygen atoms in total. The summed E-state index contributed by atoms with van der Waals surface area (Å²) in [7, 11) is 0. The molecule has 0 spiro atoms. The fourth-order valence-electron chi connectivity index (χ4n) is 1.62. The highest BCUT2D eigenvalue weighted by molar-refractivity contribution is 7.16. The Morgan fingerprint density at radius 3 is 2.57 bits per heavy atom. The Morgan fingerprint density at radius 2 is 1.95 bits per heavy atom. The molecule has 1 aromatic carbocycles. The van der Waals surface area contributed by atoms with E-state index in [1.54, 1.807) is 12.1 Å². The fraction of sp³-hybridized carbons (Fsp3) is 0.214. The van der Waals surface area contributed by atoms with Gasteiger partial charge in [0.1, 0.15) is 6.10 Å². The quantitative estimate of drug-likeness (QED) is 0.753. The highest BCUT2D eigenvalue weighted by Gasteiger charge is 2.11. The number of halogens is 2. The van der Waals surface area contributed by atoms with Gasteiger partial charge in [-0.15, -0.1) is 23.7 Å². The molecule has 0 radical (unpaired) electrons. The number of para-hydroxylation sites is 1. The van der Waals surface area contributed by atoms with Gasteiger partial charge in [-0.05, 0) is 24.3 Å². The van der Waals surface area contributed by atoms with Crippen LogP contribution in [0.25, 0.3) is 0 Å². The van der Waals surface area contributed by atoms with E-state index in [0.29, 0.717) is 4.34 Å². The second-order valence-corrected chi connectivity index (χ2v) is 5.93. The molecule has 1 atom stereocenters. The van der Waals surface area contributed by atoms with E-state index >= 15 is 0 Å². The lowest BCUT2D eigenvalue weighted by molar-refractivity contribution is -0.119. The summed E-state index contributed by atoms with van der Waals surface area (Å²) in [4.78, 5) is 12.4. The van der Waals surface area contributed by atoms with Crippen LogP contribution < -0.4 is 10.6 Å². The SMILES string of the molecule is Cl.O=C(CNc1ccccc1)NCC(O)c1ccc(Cl)s1. The predicted molar refractivity (Wildman–Crippen MR) is 89.5 cm³/mol. The molecule has 0 saturated heterocycles. The van der Waals surface area contributed by atoms with E-state index in [2.05, 4.69) is 10.6 Å². The van der Waals surface area contributed by atoms with E-state index in [0.717, 1.165) is 10.6 Å². The second kappa shape index (κ2) is 8.89. The number of hydrogen-bond donors (Lipinski definition) is 3. The first-order valence-electron chi connectivity index (χ1n) is 6.14. The molecule has 0 aliphatic rings. The first-order valence-corrected chi connectivity index (χ1v) is 7.33. The number of aliphatic hydroxyl groups excluding tert-OH is 1. The van der Waals surface area contributed by atoms with Gasteiger partial charge in [0.2, 0.25) is 5.91 Å². The van der Waals surface area contributed by atoms with E-state index in [1.165, 1.54) is 11.3 Å². The maximum Gasteiger partial charge on any atom is 0.239 e. The summed E-state index contributed by atoms with van der Waals surface area (Å²) in [6, 6.07) is 12.9. The Hall–Kier alpha value is -1.27. The third-order valence-electron chi connectivity index (χ3n) is 2.64. The predicted octanol–water partition coefficient (Wildman–Crippen LogP) is 3.09. The molecule has 2 rings (SSSR count). The maximum atomic E-state index is 11.6. The van der Waals surface area contributed by atoms with E-state index in [9.17, 15) is 9.90 Å². The summed E-state index contributed by atoms with van der Waals surface area (Å²) in [6.45, 7) is 0.341. The van der Waals surface area contributed by atoms with Crippen LogP contribution in [-0.2, 0) is 4.79 Å². The lowest BCUT2D eigenvalue weighted by Crippen LogP contribution is -2.33. The Kier molecular flexibility index (Phi) is 7.53. The zero-order valence-electron chi connectivity index (χ0n) is 11.1. The van der Waals surface area contributed by atoms with Gasteiger partial charge in [-0.1, -0.05) is 29.8 Å². The van der Waals surface area contributed by atoms with Crippen molar-refractivity contribution >= 4 is 46.9 Å². The van der Waals surface area contributed by atoms with Crippen molar-refractivity contribution in [2.75, 3.05) is 18.4 Å². The first-order chi connectivity index (χ1) is 9.65. The molecular formula is C14H16Cl2N2O2S. The number of benzene rings is 1. The molecular weight excluding hydrogens is 331 g/mol. The summed E-state index contributed by atoms with van der Waals surface area (Å²) in [5.74, 6) is -0.171. The van der Waals surface area contributed by atoms with Crippen LogP contribution in [0.2, 0.25) is 4.34 Å². The summed E-state index contributed by atoms with van der Waals surface area (Å²) >= 11 is 7.10. The summed E-state index contributed by atoms with van der Waals surface area (Å²) in [6.07, 6.45) is -0.729. The number of aliphatic hydroxyl groups is 1. The van der Waals surface area contributed by atoms with E-state index < -0.39 is 6.10 Å². The number of carbonyl (C=O) groups is 1. The van der Waals surface area contributed by atoms with Gasteiger partial charge in [0.15, 0.2) is 0 Å². The number of rotatable bonds is 6. The second-order valence-electron chi connectivity index (χ2n) is 4.18. The molecule has 0 aliphatic heterocycles. The van der Waals surface area contributed by atoms with E-state index in [4.69, 9.17) is 11.6 Å². The highest BCUT2D eigenvalue weighted by Crippen LogP contribution is 2.26. The van der Waals surface area contributed by atoms with Crippen LogP contribution in [0.15, 0.2) is 42.5 Å². The minimum absolute atomic E-state index is 0. The molecule has 114 valence electrons. The molecule has 1 aromatic heterocycles. The zero-order chi connectivity index (χ0) is 14.4. The van der Waals surface area contributed by atoms with Gasteiger partial charge >= 0.3 is 0 Å². The van der Waals surface area contributed by atoms with Crippen LogP contribution in [-0.4, -0.2) is 24.1 Å². The Bertz CT molecular complexity index is 563. The van der Waals surface area contributed by atoms with Crippen LogP contribution >= 0.6 is 35.3 Å². The Labute approximate surface area is 138 Å². The lowest BCUT2D eigenvalue weighted by Gasteiger charge is -2.11. The molecule has 1 unspecified atom stereocenters. The van der Waals surface area contributed by atoms with Gasteiger partial charge in [0.25, 0.3) is 0 Å². The smallest absolute Gasteiger partial charge is 0.239 e. The molecule has 0 aliphatic carbocycles. The highest BCUT2D eigenvalue weighted by atomic mass is 35.5. The van der Waals surface area contributed by atoms with Crippen LogP contribution in [0.3, 0.4) is 0 Å². The number of thiophene rings is 1. The summed E-state index contributed by atoms with van der Waals surface area (Å²) in [5.41, 5.74) is 0.883. The standard InChI is InChI=1S/C14H15ClN2O2S.ClH/c15-13-7-6-12(20-13)11(18)8-17-14(19)9-16-10-4-2-1-3-5-10;/h1-7,11,16,18H,8-9H2,(H,17,19);1H. The van der Waals surface area contributed by atoms with Gasteiger partial charge in [-0.25, -0.2) is 0 Å². The van der Waals surface area contributed by atoms with Crippen molar-refractivity contribution < 1.29 is 9.90 Å². The monoisotopic (exact) mass is 346 g/mol. The van der Waals surface area contributed by atoms with Crippen LogP contribution in [0, 0.1) is 0 Å². The number of nitrogens with one attached hydrogen (secondary N) is 2. The summed E-state index contributed by atoms with van der Waals surface area (Å²) in [5, 5.41) is 15.6. The molecule has 2 aromatic rings. The number of anilines is 1. The normalized spacial score (nSPS) is 11.3. The van der Waals surface area contributed by atoms with Crippen LogP contribution in [0.1, 0.15) is 11.0 Å². The van der Waals surface area contributed by atoms with Crippen LogP contribution in [0.5, 0.6) is 0 Å². The molecule has 0 fully saturated rings. The zero-order valence-corrected chi connectivity index (χ0v) is 13.5. The minimum atomic E-state index is -0.729. The van der Waals surface area contributed by atoms with Crippen molar-refractivity contribution in [2.45, 2.75) is 6.10 Å². The largest absolute Gasteiger partial charge is 0.386 e. The molecule has 1 amide bonds. The molecule has 0 bridgehead atoms. The average molecular weight is 347 g/mol. The van der Waals surface area contributed by atoms with Crippen molar-refractivity contribution in [2.24, 2.45) is 0 Å². The van der Waals surface area contributed by atoms with Gasteiger partial charge in [0.05, 0.1) is 10.9 Å². The van der Waals surface area contributed by atoms with Gasteiger partial charge in [0, 0.05) is 17.1 Å². The van der Waals surface area contributed by atoms with Crippen molar-refractivity contribution in [3.63, 3.8) is 0 Å². The van der Waals surface area contributed by atoms with Crippen molar-refractivity contribution in [1.29, 1.82) is 0 Å². The van der Waals surface area contributed by atoms with Gasteiger partial charge < -0.3 is 15.7 Å². The molecule has 3 N–H and O–H groups in total. The molecule has 21 heavy (non-hydrogen) atoms. The van der Waals surface area contributed by atoms with Crippen molar-refractivity contribution in [3.05, 3.63) is 51.7 Å². The topological polar surface area (TPSA) is 61.4 Å². The van der Waals surface area contributed by atoms with Crippen molar-refractivity contribution in [3.8, 4) is 0 Å². The van der Waals surface area contributed by atoms with E-state index in [1.807, 2.05) is 30.3 Å². The first kappa shape index (κ1) is 17.8. The molecule has 1 heterocycles.